The summed E-state index contributed by atoms with van der Waals surface area (Å²) in [6.45, 7) is 6.46. The SMILES string of the molecule is CCCC(C)(O)CNc1ccc(C)cn1. The summed E-state index contributed by atoms with van der Waals surface area (Å²) in [7, 11) is 0. The average molecular weight is 208 g/mol. The van der Waals surface area contributed by atoms with Gasteiger partial charge in [0, 0.05) is 12.7 Å². The maximum atomic E-state index is 9.94. The lowest BCUT2D eigenvalue weighted by atomic mass is 10.0. The van der Waals surface area contributed by atoms with E-state index < -0.39 is 5.60 Å². The Morgan fingerprint density at radius 3 is 2.73 bits per heavy atom. The van der Waals surface area contributed by atoms with Crippen LogP contribution in [0.25, 0.3) is 0 Å². The van der Waals surface area contributed by atoms with Crippen molar-refractivity contribution < 1.29 is 5.11 Å². The molecule has 0 bridgehead atoms. The van der Waals surface area contributed by atoms with Crippen molar-refractivity contribution in [3.63, 3.8) is 0 Å². The number of anilines is 1. The van der Waals surface area contributed by atoms with Gasteiger partial charge in [-0.25, -0.2) is 4.98 Å². The Balaban J connectivity index is 2.46. The molecule has 0 amide bonds. The molecule has 1 rings (SSSR count). The highest BCUT2D eigenvalue weighted by molar-refractivity contribution is 5.35. The summed E-state index contributed by atoms with van der Waals surface area (Å²) in [4.78, 5) is 4.22. The fourth-order valence-corrected chi connectivity index (χ4v) is 1.48. The summed E-state index contributed by atoms with van der Waals surface area (Å²) >= 11 is 0. The second kappa shape index (κ2) is 5.12. The minimum Gasteiger partial charge on any atom is -0.388 e. The van der Waals surface area contributed by atoms with E-state index in [-0.39, 0.29) is 0 Å². The molecule has 0 saturated heterocycles. The van der Waals surface area contributed by atoms with Crippen molar-refractivity contribution in [2.75, 3.05) is 11.9 Å². The molecule has 84 valence electrons. The number of aliphatic hydroxyl groups is 1. The van der Waals surface area contributed by atoms with Crippen molar-refractivity contribution in [1.82, 2.24) is 4.98 Å². The second-order valence-corrected chi connectivity index (χ2v) is 4.32. The van der Waals surface area contributed by atoms with Gasteiger partial charge in [-0.2, -0.15) is 0 Å². The van der Waals surface area contributed by atoms with E-state index in [1.807, 2.05) is 32.2 Å². The van der Waals surface area contributed by atoms with Gasteiger partial charge in [0.05, 0.1) is 5.60 Å². The Bertz CT molecular complexity index is 293. The van der Waals surface area contributed by atoms with Crippen molar-refractivity contribution in [2.45, 2.75) is 39.2 Å². The molecule has 3 heteroatoms. The number of hydrogen-bond acceptors (Lipinski definition) is 3. The Hall–Kier alpha value is -1.09. The van der Waals surface area contributed by atoms with E-state index in [4.69, 9.17) is 0 Å². The normalized spacial score (nSPS) is 14.7. The van der Waals surface area contributed by atoms with E-state index in [1.54, 1.807) is 0 Å². The zero-order valence-electron chi connectivity index (χ0n) is 9.75. The van der Waals surface area contributed by atoms with Crippen LogP contribution in [0.1, 0.15) is 32.3 Å². The molecule has 0 aromatic carbocycles. The van der Waals surface area contributed by atoms with Gasteiger partial charge in [-0.3, -0.25) is 0 Å². The number of aryl methyl sites for hydroxylation is 1. The van der Waals surface area contributed by atoms with E-state index in [9.17, 15) is 5.11 Å². The number of pyridine rings is 1. The first-order valence-corrected chi connectivity index (χ1v) is 5.42. The van der Waals surface area contributed by atoms with Gasteiger partial charge < -0.3 is 10.4 Å². The predicted octanol–water partition coefficient (Wildman–Crippen LogP) is 2.35. The zero-order chi connectivity index (χ0) is 11.3. The standard InChI is InChI=1S/C12H20N2O/c1-4-7-12(3,15)9-14-11-6-5-10(2)8-13-11/h5-6,8,15H,4,7,9H2,1-3H3,(H,13,14). The first-order valence-electron chi connectivity index (χ1n) is 5.42. The van der Waals surface area contributed by atoms with Crippen LogP contribution in [0.2, 0.25) is 0 Å². The summed E-state index contributed by atoms with van der Waals surface area (Å²) < 4.78 is 0. The fraction of sp³-hybridized carbons (Fsp3) is 0.583. The third-order valence-corrected chi connectivity index (χ3v) is 2.35. The smallest absolute Gasteiger partial charge is 0.125 e. The van der Waals surface area contributed by atoms with Gasteiger partial charge in [0.2, 0.25) is 0 Å². The lowest BCUT2D eigenvalue weighted by molar-refractivity contribution is 0.0636. The van der Waals surface area contributed by atoms with Gasteiger partial charge in [-0.05, 0) is 31.9 Å². The Morgan fingerprint density at radius 1 is 1.47 bits per heavy atom. The van der Waals surface area contributed by atoms with Crippen LogP contribution < -0.4 is 5.32 Å². The van der Waals surface area contributed by atoms with Crippen molar-refractivity contribution in [3.05, 3.63) is 23.9 Å². The van der Waals surface area contributed by atoms with Gasteiger partial charge in [0.25, 0.3) is 0 Å². The molecule has 1 aromatic heterocycles. The molecule has 0 aliphatic heterocycles. The quantitative estimate of drug-likeness (QED) is 0.780. The highest BCUT2D eigenvalue weighted by atomic mass is 16.3. The minimum atomic E-state index is -0.651. The largest absolute Gasteiger partial charge is 0.388 e. The number of aromatic nitrogens is 1. The Morgan fingerprint density at radius 2 is 2.20 bits per heavy atom. The topological polar surface area (TPSA) is 45.1 Å². The molecular formula is C12H20N2O. The van der Waals surface area contributed by atoms with E-state index in [2.05, 4.69) is 17.2 Å². The van der Waals surface area contributed by atoms with Crippen LogP contribution in [0.15, 0.2) is 18.3 Å². The molecule has 1 aromatic rings. The highest BCUT2D eigenvalue weighted by Crippen LogP contribution is 2.13. The summed E-state index contributed by atoms with van der Waals surface area (Å²) in [6.07, 6.45) is 3.60. The van der Waals surface area contributed by atoms with Crippen LogP contribution in [0.3, 0.4) is 0 Å². The molecular weight excluding hydrogens is 188 g/mol. The van der Waals surface area contributed by atoms with Crippen molar-refractivity contribution in [1.29, 1.82) is 0 Å². The Kier molecular flexibility index (Phi) is 4.09. The van der Waals surface area contributed by atoms with E-state index >= 15 is 0 Å². The molecule has 0 aliphatic rings. The maximum absolute atomic E-state index is 9.94. The first kappa shape index (κ1) is 12.0. The lowest BCUT2D eigenvalue weighted by Gasteiger charge is -2.23. The molecule has 0 radical (unpaired) electrons. The second-order valence-electron chi connectivity index (χ2n) is 4.32. The summed E-state index contributed by atoms with van der Waals surface area (Å²) in [5.74, 6) is 0.817. The molecule has 2 N–H and O–H groups in total. The molecule has 1 unspecified atom stereocenters. The number of nitrogens with zero attached hydrogens (tertiary/aromatic N) is 1. The van der Waals surface area contributed by atoms with E-state index in [1.165, 1.54) is 0 Å². The van der Waals surface area contributed by atoms with Crippen LogP contribution in [0.5, 0.6) is 0 Å². The van der Waals surface area contributed by atoms with Crippen molar-refractivity contribution in [3.8, 4) is 0 Å². The summed E-state index contributed by atoms with van der Waals surface area (Å²) in [5, 5.41) is 13.1. The summed E-state index contributed by atoms with van der Waals surface area (Å²) in [5.41, 5.74) is 0.488. The molecule has 1 atom stereocenters. The molecule has 0 spiro atoms. The van der Waals surface area contributed by atoms with Gasteiger partial charge in [-0.1, -0.05) is 19.4 Å². The van der Waals surface area contributed by atoms with Crippen LogP contribution >= 0.6 is 0 Å². The van der Waals surface area contributed by atoms with Gasteiger partial charge in [0.15, 0.2) is 0 Å². The number of hydrogen-bond donors (Lipinski definition) is 2. The third kappa shape index (κ3) is 4.30. The fourth-order valence-electron chi connectivity index (χ4n) is 1.48. The molecule has 15 heavy (non-hydrogen) atoms. The number of nitrogens with one attached hydrogen (secondary N) is 1. The highest BCUT2D eigenvalue weighted by Gasteiger charge is 2.18. The van der Waals surface area contributed by atoms with Crippen LogP contribution in [-0.4, -0.2) is 22.2 Å². The Labute approximate surface area is 91.5 Å². The maximum Gasteiger partial charge on any atom is 0.125 e. The minimum absolute atomic E-state index is 0.539. The first-order chi connectivity index (χ1) is 7.03. The lowest BCUT2D eigenvalue weighted by Crippen LogP contribution is -2.33. The van der Waals surface area contributed by atoms with E-state index in [0.29, 0.717) is 6.54 Å². The average Bonchev–Trinajstić information content (AvgIpc) is 2.17. The van der Waals surface area contributed by atoms with E-state index in [0.717, 1.165) is 24.2 Å². The molecule has 0 saturated carbocycles. The van der Waals surface area contributed by atoms with Gasteiger partial charge in [-0.15, -0.1) is 0 Å². The summed E-state index contributed by atoms with van der Waals surface area (Å²) in [6, 6.07) is 3.93. The number of rotatable bonds is 5. The van der Waals surface area contributed by atoms with Gasteiger partial charge in [0.1, 0.15) is 5.82 Å². The van der Waals surface area contributed by atoms with Crippen LogP contribution in [-0.2, 0) is 0 Å². The monoisotopic (exact) mass is 208 g/mol. The van der Waals surface area contributed by atoms with Crippen LogP contribution in [0.4, 0.5) is 5.82 Å². The molecule has 0 fully saturated rings. The molecule has 0 aliphatic carbocycles. The molecule has 1 heterocycles. The zero-order valence-corrected chi connectivity index (χ0v) is 9.75. The third-order valence-electron chi connectivity index (χ3n) is 2.35. The van der Waals surface area contributed by atoms with Gasteiger partial charge >= 0.3 is 0 Å². The van der Waals surface area contributed by atoms with Crippen molar-refractivity contribution >= 4 is 5.82 Å². The van der Waals surface area contributed by atoms with Crippen molar-refractivity contribution in [2.24, 2.45) is 0 Å². The van der Waals surface area contributed by atoms with Crippen LogP contribution in [0, 0.1) is 6.92 Å². The predicted molar refractivity (Wildman–Crippen MR) is 63.0 cm³/mol. The molecule has 3 nitrogen and oxygen atoms in total.